The summed E-state index contributed by atoms with van der Waals surface area (Å²) in [5, 5.41) is 0. The van der Waals surface area contributed by atoms with Crippen molar-refractivity contribution in [3.63, 3.8) is 0 Å². The van der Waals surface area contributed by atoms with E-state index in [1.807, 2.05) is 24.8 Å². The molecule has 2 N–H and O–H groups in total. The van der Waals surface area contributed by atoms with Crippen LogP contribution in [0.4, 0.5) is 0 Å². The molecule has 2 rings (SSSR count). The van der Waals surface area contributed by atoms with Gasteiger partial charge < -0.3 is 14.9 Å². The molecule has 0 fully saturated rings. The Morgan fingerprint density at radius 2 is 1.44 bits per heavy atom. The molecule has 0 unspecified atom stereocenters. The maximum atomic E-state index is 4.22. The molecule has 0 saturated heterocycles. The first kappa shape index (κ1) is 12.8. The average Bonchev–Trinajstić information content (AvgIpc) is 3.01. The van der Waals surface area contributed by atoms with Crippen molar-refractivity contribution in [2.45, 2.75) is 25.7 Å². The number of aromatic amines is 2. The standard InChI is InChI=1S/C13H21N5/c1-18(10-2-4-12-14-6-7-15-12)11-3-5-13-16-8-9-17-13/h6-9H,2-5,10-11H2,1H3,(H,14,15)(H,16,17). The van der Waals surface area contributed by atoms with Crippen molar-refractivity contribution >= 4 is 0 Å². The molecule has 0 aliphatic carbocycles. The van der Waals surface area contributed by atoms with E-state index in [0.717, 1.165) is 50.4 Å². The van der Waals surface area contributed by atoms with Gasteiger partial charge in [0, 0.05) is 37.6 Å². The first-order valence-electron chi connectivity index (χ1n) is 6.49. The molecule has 0 aliphatic rings. The molecular weight excluding hydrogens is 226 g/mol. The normalized spacial score (nSPS) is 11.2. The Kier molecular flexibility index (Phi) is 4.96. The number of rotatable bonds is 8. The highest BCUT2D eigenvalue weighted by molar-refractivity contribution is 4.87. The minimum Gasteiger partial charge on any atom is -0.349 e. The molecule has 0 saturated carbocycles. The molecule has 98 valence electrons. The third-order valence-electron chi connectivity index (χ3n) is 3.02. The van der Waals surface area contributed by atoms with Gasteiger partial charge in [-0.1, -0.05) is 0 Å². The van der Waals surface area contributed by atoms with Crippen LogP contribution in [-0.4, -0.2) is 45.0 Å². The van der Waals surface area contributed by atoms with Gasteiger partial charge in [0.2, 0.25) is 0 Å². The fraction of sp³-hybridized carbons (Fsp3) is 0.538. The first-order chi connectivity index (χ1) is 8.84. The predicted octanol–water partition coefficient (Wildman–Crippen LogP) is 1.63. The highest BCUT2D eigenvalue weighted by Gasteiger charge is 2.01. The lowest BCUT2D eigenvalue weighted by Crippen LogP contribution is -2.22. The molecule has 0 amide bonds. The Balaban J connectivity index is 1.53. The molecule has 2 aromatic heterocycles. The third-order valence-corrected chi connectivity index (χ3v) is 3.02. The summed E-state index contributed by atoms with van der Waals surface area (Å²) in [5.74, 6) is 2.16. The zero-order chi connectivity index (χ0) is 12.6. The van der Waals surface area contributed by atoms with Crippen LogP contribution in [0.2, 0.25) is 0 Å². The van der Waals surface area contributed by atoms with Crippen LogP contribution in [0, 0.1) is 0 Å². The number of hydrogen-bond acceptors (Lipinski definition) is 3. The molecule has 0 aromatic carbocycles. The lowest BCUT2D eigenvalue weighted by Gasteiger charge is -2.15. The van der Waals surface area contributed by atoms with E-state index in [0.29, 0.717) is 0 Å². The Morgan fingerprint density at radius 3 is 1.83 bits per heavy atom. The Morgan fingerprint density at radius 1 is 0.944 bits per heavy atom. The van der Waals surface area contributed by atoms with Crippen molar-refractivity contribution in [3.8, 4) is 0 Å². The van der Waals surface area contributed by atoms with E-state index in [9.17, 15) is 0 Å². The molecule has 0 spiro atoms. The number of aryl methyl sites for hydroxylation is 2. The quantitative estimate of drug-likeness (QED) is 0.745. The van der Waals surface area contributed by atoms with Gasteiger partial charge in [0.25, 0.3) is 0 Å². The summed E-state index contributed by atoms with van der Waals surface area (Å²) in [6.45, 7) is 2.22. The second-order valence-corrected chi connectivity index (χ2v) is 4.58. The largest absolute Gasteiger partial charge is 0.349 e. The minimum atomic E-state index is 1.02. The SMILES string of the molecule is CN(CCCc1ncc[nH]1)CCCc1ncc[nH]1. The first-order valence-corrected chi connectivity index (χ1v) is 6.49. The van der Waals surface area contributed by atoms with E-state index in [-0.39, 0.29) is 0 Å². The van der Waals surface area contributed by atoms with E-state index < -0.39 is 0 Å². The van der Waals surface area contributed by atoms with E-state index in [1.165, 1.54) is 0 Å². The van der Waals surface area contributed by atoms with Crippen LogP contribution in [0.3, 0.4) is 0 Å². The summed E-state index contributed by atoms with van der Waals surface area (Å²) < 4.78 is 0. The monoisotopic (exact) mass is 247 g/mol. The summed E-state index contributed by atoms with van der Waals surface area (Å²) >= 11 is 0. The van der Waals surface area contributed by atoms with Gasteiger partial charge in [-0.15, -0.1) is 0 Å². The van der Waals surface area contributed by atoms with Gasteiger partial charge in [-0.25, -0.2) is 9.97 Å². The van der Waals surface area contributed by atoms with Crippen molar-refractivity contribution in [3.05, 3.63) is 36.4 Å². The summed E-state index contributed by atoms with van der Waals surface area (Å²) in [6.07, 6.45) is 11.7. The summed E-state index contributed by atoms with van der Waals surface area (Å²) in [5.41, 5.74) is 0. The number of hydrogen-bond donors (Lipinski definition) is 2. The topological polar surface area (TPSA) is 60.6 Å². The van der Waals surface area contributed by atoms with Gasteiger partial charge in [-0.05, 0) is 33.0 Å². The van der Waals surface area contributed by atoms with Crippen LogP contribution in [0.1, 0.15) is 24.5 Å². The smallest absolute Gasteiger partial charge is 0.106 e. The maximum absolute atomic E-state index is 4.22. The van der Waals surface area contributed by atoms with Crippen LogP contribution >= 0.6 is 0 Å². The van der Waals surface area contributed by atoms with Gasteiger partial charge in [0.1, 0.15) is 11.6 Å². The zero-order valence-electron chi connectivity index (χ0n) is 10.9. The summed E-state index contributed by atoms with van der Waals surface area (Å²) in [7, 11) is 2.17. The molecule has 2 heterocycles. The summed E-state index contributed by atoms with van der Waals surface area (Å²) in [4.78, 5) is 17.1. The molecule has 2 aromatic rings. The van der Waals surface area contributed by atoms with Crippen LogP contribution < -0.4 is 0 Å². The number of nitrogens with zero attached hydrogens (tertiary/aromatic N) is 3. The molecule has 18 heavy (non-hydrogen) atoms. The number of nitrogens with one attached hydrogen (secondary N) is 2. The van der Waals surface area contributed by atoms with E-state index >= 15 is 0 Å². The van der Waals surface area contributed by atoms with E-state index in [1.54, 1.807) is 0 Å². The van der Waals surface area contributed by atoms with Crippen LogP contribution in [0.5, 0.6) is 0 Å². The second kappa shape index (κ2) is 6.96. The second-order valence-electron chi connectivity index (χ2n) is 4.58. The number of aromatic nitrogens is 4. The summed E-state index contributed by atoms with van der Waals surface area (Å²) in [6, 6.07) is 0. The van der Waals surface area contributed by atoms with Gasteiger partial charge in [0.05, 0.1) is 0 Å². The molecule has 5 heteroatoms. The van der Waals surface area contributed by atoms with Crippen molar-refractivity contribution in [1.29, 1.82) is 0 Å². The van der Waals surface area contributed by atoms with Crippen molar-refractivity contribution in [2.75, 3.05) is 20.1 Å². The van der Waals surface area contributed by atoms with Crippen molar-refractivity contribution in [2.24, 2.45) is 0 Å². The molecule has 0 aliphatic heterocycles. The highest BCUT2D eigenvalue weighted by Crippen LogP contribution is 2.00. The maximum Gasteiger partial charge on any atom is 0.106 e. The van der Waals surface area contributed by atoms with Crippen LogP contribution in [0.25, 0.3) is 0 Å². The lowest BCUT2D eigenvalue weighted by molar-refractivity contribution is 0.323. The van der Waals surface area contributed by atoms with Crippen LogP contribution in [0.15, 0.2) is 24.8 Å². The van der Waals surface area contributed by atoms with E-state index in [4.69, 9.17) is 0 Å². The third kappa shape index (κ3) is 4.33. The fourth-order valence-electron chi connectivity index (χ4n) is 2.01. The lowest BCUT2D eigenvalue weighted by atomic mass is 10.2. The average molecular weight is 247 g/mol. The zero-order valence-corrected chi connectivity index (χ0v) is 10.9. The van der Waals surface area contributed by atoms with Gasteiger partial charge in [-0.2, -0.15) is 0 Å². The van der Waals surface area contributed by atoms with Crippen molar-refractivity contribution < 1.29 is 0 Å². The Labute approximate surface area is 108 Å². The Bertz CT molecular complexity index is 366. The van der Waals surface area contributed by atoms with Gasteiger partial charge >= 0.3 is 0 Å². The number of H-pyrrole nitrogens is 2. The minimum absolute atomic E-state index is 1.02. The van der Waals surface area contributed by atoms with Crippen molar-refractivity contribution in [1.82, 2.24) is 24.8 Å². The van der Waals surface area contributed by atoms with Gasteiger partial charge in [0.15, 0.2) is 0 Å². The van der Waals surface area contributed by atoms with E-state index in [2.05, 4.69) is 31.9 Å². The van der Waals surface area contributed by atoms with Crippen LogP contribution in [-0.2, 0) is 12.8 Å². The van der Waals surface area contributed by atoms with Gasteiger partial charge in [-0.3, -0.25) is 0 Å². The Hall–Kier alpha value is -1.62. The molecule has 0 bridgehead atoms. The molecule has 5 nitrogen and oxygen atoms in total. The molecular formula is C13H21N5. The fourth-order valence-corrected chi connectivity index (χ4v) is 2.01. The molecule has 0 radical (unpaired) electrons. The number of imidazole rings is 2. The predicted molar refractivity (Wildman–Crippen MR) is 71.3 cm³/mol. The molecule has 0 atom stereocenters. The highest BCUT2D eigenvalue weighted by atomic mass is 15.1.